The minimum atomic E-state index is -1.45. The molecule has 2 aromatic carbocycles. The molecule has 2 amide bonds. The Morgan fingerprint density at radius 1 is 1.07 bits per heavy atom. The van der Waals surface area contributed by atoms with Crippen molar-refractivity contribution in [2.24, 2.45) is 5.92 Å². The molecule has 1 aliphatic heterocycles. The summed E-state index contributed by atoms with van der Waals surface area (Å²) in [5.41, 5.74) is 2.29. The molecule has 4 atom stereocenters. The predicted molar refractivity (Wildman–Crippen MR) is 108 cm³/mol. The highest BCUT2D eigenvalue weighted by molar-refractivity contribution is 6.00. The van der Waals surface area contributed by atoms with Crippen molar-refractivity contribution in [3.8, 4) is 0 Å². The van der Waals surface area contributed by atoms with Crippen LogP contribution >= 0.6 is 0 Å². The number of alkyl halides is 2. The van der Waals surface area contributed by atoms with Crippen LogP contribution in [0.25, 0.3) is 10.9 Å². The van der Waals surface area contributed by atoms with Crippen LogP contribution in [0.1, 0.15) is 30.9 Å². The molecule has 0 radical (unpaired) electrons. The highest BCUT2D eigenvalue weighted by Gasteiger charge is 2.32. The van der Waals surface area contributed by atoms with Crippen molar-refractivity contribution in [3.05, 3.63) is 60.3 Å². The number of anilines is 1. The van der Waals surface area contributed by atoms with Crippen molar-refractivity contribution in [3.63, 3.8) is 0 Å². The van der Waals surface area contributed by atoms with E-state index in [1.807, 2.05) is 42.5 Å². The molecule has 152 valence electrons. The van der Waals surface area contributed by atoms with E-state index in [4.69, 9.17) is 0 Å². The molecule has 1 fully saturated rings. The summed E-state index contributed by atoms with van der Waals surface area (Å²) < 4.78 is 27.9. The maximum absolute atomic E-state index is 14.2. The predicted octanol–water partition coefficient (Wildman–Crippen LogP) is 4.41. The molecule has 0 spiro atoms. The highest BCUT2D eigenvalue weighted by Crippen LogP contribution is 2.33. The van der Waals surface area contributed by atoms with Crippen LogP contribution in [-0.4, -0.2) is 28.8 Å². The highest BCUT2D eigenvalue weighted by atomic mass is 19.2. The van der Waals surface area contributed by atoms with Crippen LogP contribution in [0, 0.1) is 5.92 Å². The number of hydrogen-bond donors (Lipinski definition) is 4. The zero-order valence-electron chi connectivity index (χ0n) is 15.7. The number of carbonyl (C=O) groups excluding carboxylic acids is 1. The summed E-state index contributed by atoms with van der Waals surface area (Å²) in [4.78, 5) is 12.8. The lowest BCUT2D eigenvalue weighted by Crippen LogP contribution is -2.37. The number of aromatic amines is 1. The molecule has 8 heteroatoms. The summed E-state index contributed by atoms with van der Waals surface area (Å²) >= 11 is 0. The molecular formula is C21H23F2N5O. The van der Waals surface area contributed by atoms with Gasteiger partial charge in [0.2, 0.25) is 0 Å². The van der Waals surface area contributed by atoms with Crippen molar-refractivity contribution in [2.45, 2.75) is 37.9 Å². The molecule has 0 saturated carbocycles. The van der Waals surface area contributed by atoms with Gasteiger partial charge in [0, 0.05) is 5.39 Å². The number of aromatic nitrogens is 2. The van der Waals surface area contributed by atoms with Gasteiger partial charge in [-0.3, -0.25) is 10.4 Å². The molecule has 1 aliphatic rings. The first-order chi connectivity index (χ1) is 14.1. The van der Waals surface area contributed by atoms with Gasteiger partial charge in [0.05, 0.1) is 23.4 Å². The molecule has 2 heterocycles. The average molecular weight is 399 g/mol. The van der Waals surface area contributed by atoms with Crippen molar-refractivity contribution in [2.75, 3.05) is 5.32 Å². The summed E-state index contributed by atoms with van der Waals surface area (Å²) in [7, 11) is 0. The molecule has 4 rings (SSSR count). The second kappa shape index (κ2) is 8.57. The number of H-pyrrole nitrogens is 1. The minimum Gasteiger partial charge on any atom is -0.331 e. The molecule has 0 aliphatic carbocycles. The zero-order valence-corrected chi connectivity index (χ0v) is 15.7. The van der Waals surface area contributed by atoms with Gasteiger partial charge in [0.15, 0.2) is 12.6 Å². The summed E-state index contributed by atoms with van der Waals surface area (Å²) in [6.07, 6.45) is -0.395. The Morgan fingerprint density at radius 2 is 1.90 bits per heavy atom. The van der Waals surface area contributed by atoms with Gasteiger partial charge in [-0.05, 0) is 42.9 Å². The first kappa shape index (κ1) is 19.3. The SMILES string of the molecule is O=C(Nc1cccc2[nH]ncc12)NC(c1ccccc1)C1CCC(F)NC(F)C1. The average Bonchev–Trinajstić information content (AvgIpc) is 3.13. The van der Waals surface area contributed by atoms with Crippen LogP contribution in [0.4, 0.5) is 19.3 Å². The van der Waals surface area contributed by atoms with Crippen molar-refractivity contribution in [1.29, 1.82) is 0 Å². The quantitative estimate of drug-likeness (QED) is 0.491. The van der Waals surface area contributed by atoms with E-state index in [1.165, 1.54) is 0 Å². The number of nitrogens with zero attached hydrogens (tertiary/aromatic N) is 1. The van der Waals surface area contributed by atoms with E-state index < -0.39 is 24.7 Å². The third-order valence-electron chi connectivity index (χ3n) is 5.31. The molecule has 1 saturated heterocycles. The molecule has 0 bridgehead atoms. The van der Waals surface area contributed by atoms with E-state index in [0.717, 1.165) is 16.5 Å². The normalized spacial score (nSPS) is 23.3. The van der Waals surface area contributed by atoms with Gasteiger partial charge in [-0.1, -0.05) is 36.4 Å². The molecule has 29 heavy (non-hydrogen) atoms. The number of fused-ring (bicyclic) bond motifs is 1. The van der Waals surface area contributed by atoms with Crippen LogP contribution < -0.4 is 16.0 Å². The number of nitrogens with one attached hydrogen (secondary N) is 4. The van der Waals surface area contributed by atoms with E-state index in [0.29, 0.717) is 12.1 Å². The monoisotopic (exact) mass is 399 g/mol. The van der Waals surface area contributed by atoms with E-state index in [-0.39, 0.29) is 18.8 Å². The summed E-state index contributed by atoms with van der Waals surface area (Å²) in [6.45, 7) is 0. The fourth-order valence-electron chi connectivity index (χ4n) is 3.90. The van der Waals surface area contributed by atoms with E-state index in [2.05, 4.69) is 26.1 Å². The van der Waals surface area contributed by atoms with Crippen LogP contribution in [0.2, 0.25) is 0 Å². The van der Waals surface area contributed by atoms with Crippen LogP contribution in [-0.2, 0) is 0 Å². The molecular weight excluding hydrogens is 376 g/mol. The molecule has 6 nitrogen and oxygen atoms in total. The van der Waals surface area contributed by atoms with Gasteiger partial charge in [0.1, 0.15) is 0 Å². The third-order valence-corrected chi connectivity index (χ3v) is 5.31. The maximum atomic E-state index is 14.2. The van der Waals surface area contributed by atoms with Crippen molar-refractivity contribution < 1.29 is 13.6 Å². The van der Waals surface area contributed by atoms with Gasteiger partial charge in [0.25, 0.3) is 0 Å². The number of rotatable bonds is 4. The van der Waals surface area contributed by atoms with E-state index in [9.17, 15) is 13.6 Å². The Labute approximate surface area is 167 Å². The lowest BCUT2D eigenvalue weighted by molar-refractivity contribution is 0.165. The number of urea groups is 1. The Bertz CT molecular complexity index is 964. The number of amides is 2. The van der Waals surface area contributed by atoms with Gasteiger partial charge in [-0.2, -0.15) is 5.10 Å². The van der Waals surface area contributed by atoms with E-state index >= 15 is 0 Å². The first-order valence-corrected chi connectivity index (χ1v) is 9.69. The number of halogens is 2. The summed E-state index contributed by atoms with van der Waals surface area (Å²) in [5, 5.41) is 15.8. The van der Waals surface area contributed by atoms with Crippen molar-refractivity contribution >= 4 is 22.6 Å². The Kier molecular flexibility index (Phi) is 5.71. The van der Waals surface area contributed by atoms with Crippen LogP contribution in [0.15, 0.2) is 54.7 Å². The third kappa shape index (κ3) is 4.54. The van der Waals surface area contributed by atoms with Crippen LogP contribution in [0.5, 0.6) is 0 Å². The second-order valence-electron chi connectivity index (χ2n) is 7.30. The number of carbonyl (C=O) groups is 1. The fourth-order valence-corrected chi connectivity index (χ4v) is 3.90. The van der Waals surface area contributed by atoms with Crippen LogP contribution in [0.3, 0.4) is 0 Å². The van der Waals surface area contributed by atoms with E-state index in [1.54, 1.807) is 12.3 Å². The second-order valence-corrected chi connectivity index (χ2v) is 7.30. The number of hydrogen-bond acceptors (Lipinski definition) is 3. The van der Waals surface area contributed by atoms with Crippen molar-refractivity contribution in [1.82, 2.24) is 20.8 Å². The Morgan fingerprint density at radius 3 is 2.72 bits per heavy atom. The van der Waals surface area contributed by atoms with Gasteiger partial charge >= 0.3 is 6.03 Å². The lowest BCUT2D eigenvalue weighted by atomic mass is 9.87. The largest absolute Gasteiger partial charge is 0.331 e. The Balaban J connectivity index is 1.55. The van der Waals surface area contributed by atoms with Gasteiger partial charge in [-0.15, -0.1) is 0 Å². The minimum absolute atomic E-state index is 0.123. The first-order valence-electron chi connectivity index (χ1n) is 9.69. The lowest BCUT2D eigenvalue weighted by Gasteiger charge is -2.28. The molecule has 4 unspecified atom stereocenters. The zero-order chi connectivity index (χ0) is 20.2. The topological polar surface area (TPSA) is 81.8 Å². The van der Waals surface area contributed by atoms with Gasteiger partial charge in [-0.25, -0.2) is 13.6 Å². The number of benzene rings is 2. The molecule has 3 aromatic rings. The smallest absolute Gasteiger partial charge is 0.319 e. The summed E-state index contributed by atoms with van der Waals surface area (Å²) in [6, 6.07) is 14.0. The molecule has 1 aromatic heterocycles. The summed E-state index contributed by atoms with van der Waals surface area (Å²) in [5.74, 6) is -0.240. The maximum Gasteiger partial charge on any atom is 0.319 e. The van der Waals surface area contributed by atoms with Gasteiger partial charge < -0.3 is 10.6 Å². The molecule has 4 N–H and O–H groups in total. The standard InChI is InChI=1S/C21H23F2N5O/c22-18-10-9-14(11-19(23)26-18)20(13-5-2-1-3-6-13)27-21(29)25-16-7-4-8-17-15(16)12-24-28-17/h1-8,12,14,18-20,26H,9-11H2,(H,24,28)(H2,25,27,29). The fraction of sp³-hybridized carbons (Fsp3) is 0.333. The Hall–Kier alpha value is -3.00.